The second-order valence-corrected chi connectivity index (χ2v) is 5.64. The Labute approximate surface area is 117 Å². The zero-order chi connectivity index (χ0) is 13.0. The highest BCUT2D eigenvalue weighted by Crippen LogP contribution is 2.27. The highest BCUT2D eigenvalue weighted by molar-refractivity contribution is 9.10. The molecule has 2 unspecified atom stereocenters. The van der Waals surface area contributed by atoms with E-state index >= 15 is 0 Å². The monoisotopic (exact) mass is 312 g/mol. The molecule has 1 aromatic carbocycles. The lowest BCUT2D eigenvalue weighted by Gasteiger charge is -2.38. The third-order valence-corrected chi connectivity index (χ3v) is 4.00. The third kappa shape index (κ3) is 3.32. The molecule has 0 spiro atoms. The van der Waals surface area contributed by atoms with Crippen LogP contribution in [-0.2, 0) is 4.74 Å². The maximum absolute atomic E-state index is 6.33. The molecule has 3 nitrogen and oxygen atoms in total. The number of nitrogens with two attached hydrogens (primary N) is 1. The van der Waals surface area contributed by atoms with Crippen molar-refractivity contribution in [2.24, 2.45) is 5.73 Å². The number of nitrogens with zero attached hydrogens (tertiary/aromatic N) is 1. The average Bonchev–Trinajstić information content (AvgIpc) is 2.40. The first-order valence-electron chi connectivity index (χ1n) is 6.55. The van der Waals surface area contributed by atoms with Crippen LogP contribution in [0.3, 0.4) is 0 Å². The molecule has 2 N–H and O–H groups in total. The van der Waals surface area contributed by atoms with Crippen molar-refractivity contribution in [1.82, 2.24) is 4.90 Å². The van der Waals surface area contributed by atoms with Gasteiger partial charge in [0.2, 0.25) is 0 Å². The molecule has 2 rings (SSSR count). The van der Waals surface area contributed by atoms with Crippen LogP contribution in [0.25, 0.3) is 0 Å². The molecule has 1 fully saturated rings. The summed E-state index contributed by atoms with van der Waals surface area (Å²) in [5.41, 5.74) is 7.62. The zero-order valence-corrected chi connectivity index (χ0v) is 12.4. The molecule has 1 heterocycles. The average molecular weight is 313 g/mol. The van der Waals surface area contributed by atoms with Crippen molar-refractivity contribution in [3.63, 3.8) is 0 Å². The summed E-state index contributed by atoms with van der Waals surface area (Å²) in [5, 5.41) is 0. The van der Waals surface area contributed by atoms with Crippen LogP contribution >= 0.6 is 15.9 Å². The highest BCUT2D eigenvalue weighted by atomic mass is 79.9. The predicted molar refractivity (Wildman–Crippen MR) is 77.5 cm³/mol. The van der Waals surface area contributed by atoms with Crippen LogP contribution in [0.5, 0.6) is 0 Å². The van der Waals surface area contributed by atoms with E-state index in [0.717, 1.165) is 37.2 Å². The van der Waals surface area contributed by atoms with Gasteiger partial charge in [0, 0.05) is 23.6 Å². The first-order valence-corrected chi connectivity index (χ1v) is 7.34. The molecule has 0 aliphatic carbocycles. The number of morpholine rings is 1. The molecule has 1 aliphatic heterocycles. The van der Waals surface area contributed by atoms with Gasteiger partial charge in [-0.2, -0.15) is 0 Å². The minimum Gasteiger partial charge on any atom is -0.379 e. The Balaban J connectivity index is 2.23. The van der Waals surface area contributed by atoms with Gasteiger partial charge in [-0.3, -0.25) is 4.90 Å². The largest absolute Gasteiger partial charge is 0.379 e. The van der Waals surface area contributed by atoms with Crippen molar-refractivity contribution in [1.29, 1.82) is 0 Å². The Bertz CT molecular complexity index is 380. The number of ether oxygens (including phenoxy) is 1. The Morgan fingerprint density at radius 3 is 2.72 bits per heavy atom. The van der Waals surface area contributed by atoms with Gasteiger partial charge in [-0.15, -0.1) is 0 Å². The number of rotatable bonds is 4. The molecule has 2 atom stereocenters. The second kappa shape index (κ2) is 6.66. The summed E-state index contributed by atoms with van der Waals surface area (Å²) in [6.07, 6.45) is 0.981. The van der Waals surface area contributed by atoms with Crippen molar-refractivity contribution < 1.29 is 4.74 Å². The molecule has 0 aromatic heterocycles. The molecular weight excluding hydrogens is 292 g/mol. The second-order valence-electron chi connectivity index (χ2n) is 4.72. The van der Waals surface area contributed by atoms with Crippen molar-refractivity contribution in [2.75, 3.05) is 26.3 Å². The molecule has 100 valence electrons. The van der Waals surface area contributed by atoms with E-state index in [-0.39, 0.29) is 12.1 Å². The van der Waals surface area contributed by atoms with E-state index in [1.807, 2.05) is 0 Å². The van der Waals surface area contributed by atoms with Crippen LogP contribution < -0.4 is 5.73 Å². The van der Waals surface area contributed by atoms with Crippen LogP contribution in [0.2, 0.25) is 0 Å². The first kappa shape index (κ1) is 14.0. The Morgan fingerprint density at radius 2 is 2.11 bits per heavy atom. The number of hydrogen-bond acceptors (Lipinski definition) is 3. The van der Waals surface area contributed by atoms with Crippen molar-refractivity contribution >= 4 is 15.9 Å². The van der Waals surface area contributed by atoms with Gasteiger partial charge in [-0.25, -0.2) is 0 Å². The summed E-state index contributed by atoms with van der Waals surface area (Å²) >= 11 is 3.54. The maximum atomic E-state index is 6.33. The van der Waals surface area contributed by atoms with Gasteiger partial charge < -0.3 is 10.5 Å². The van der Waals surface area contributed by atoms with Crippen LogP contribution in [0.4, 0.5) is 0 Å². The summed E-state index contributed by atoms with van der Waals surface area (Å²) in [7, 11) is 0. The Hall–Kier alpha value is -0.420. The molecule has 1 aliphatic rings. The van der Waals surface area contributed by atoms with Gasteiger partial charge in [0.25, 0.3) is 0 Å². The summed E-state index contributed by atoms with van der Waals surface area (Å²) in [4.78, 5) is 2.44. The normalized spacial score (nSPS) is 20.6. The van der Waals surface area contributed by atoms with Crippen LogP contribution in [0.1, 0.15) is 24.9 Å². The molecule has 1 aromatic rings. The minimum atomic E-state index is 0.164. The van der Waals surface area contributed by atoms with E-state index in [9.17, 15) is 0 Å². The summed E-state index contributed by atoms with van der Waals surface area (Å²) in [6.45, 7) is 5.69. The third-order valence-electron chi connectivity index (χ3n) is 3.51. The molecular formula is C14H21BrN2O. The lowest BCUT2D eigenvalue weighted by Crippen LogP contribution is -2.46. The van der Waals surface area contributed by atoms with Crippen molar-refractivity contribution in [3.05, 3.63) is 34.3 Å². The van der Waals surface area contributed by atoms with Gasteiger partial charge in [0.05, 0.1) is 19.3 Å². The molecule has 0 saturated carbocycles. The van der Waals surface area contributed by atoms with E-state index < -0.39 is 0 Å². The van der Waals surface area contributed by atoms with Gasteiger partial charge in [-0.1, -0.05) is 35.0 Å². The fraction of sp³-hybridized carbons (Fsp3) is 0.571. The lowest BCUT2D eigenvalue weighted by molar-refractivity contribution is 0.0101. The van der Waals surface area contributed by atoms with Gasteiger partial charge >= 0.3 is 0 Å². The maximum Gasteiger partial charge on any atom is 0.0594 e. The topological polar surface area (TPSA) is 38.5 Å². The summed E-state index contributed by atoms with van der Waals surface area (Å²) in [5.74, 6) is 0. The number of benzene rings is 1. The van der Waals surface area contributed by atoms with Gasteiger partial charge in [0.1, 0.15) is 0 Å². The molecule has 0 radical (unpaired) electrons. The molecule has 18 heavy (non-hydrogen) atoms. The number of hydrogen-bond donors (Lipinski definition) is 1. The van der Waals surface area contributed by atoms with Crippen LogP contribution in [0.15, 0.2) is 28.7 Å². The predicted octanol–water partition coefficient (Wildman–Crippen LogP) is 2.56. The highest BCUT2D eigenvalue weighted by Gasteiger charge is 2.27. The SMILES string of the molecule is CCC(N)C(c1cccc(Br)c1)N1CCOCC1. The lowest BCUT2D eigenvalue weighted by atomic mass is 9.96. The Kier molecular flexibility index (Phi) is 5.18. The molecule has 0 bridgehead atoms. The standard InChI is InChI=1S/C14H21BrN2O/c1-2-13(16)14(17-6-8-18-9-7-17)11-4-3-5-12(15)10-11/h3-5,10,13-14H,2,6-9,16H2,1H3. The smallest absolute Gasteiger partial charge is 0.0594 e. The van der Waals surface area contributed by atoms with Crippen molar-refractivity contribution in [2.45, 2.75) is 25.4 Å². The van der Waals surface area contributed by atoms with Crippen LogP contribution in [-0.4, -0.2) is 37.2 Å². The van der Waals surface area contributed by atoms with E-state index in [2.05, 4.69) is 52.0 Å². The summed E-state index contributed by atoms with van der Waals surface area (Å²) in [6, 6.07) is 8.93. The van der Waals surface area contributed by atoms with Crippen LogP contribution in [0, 0.1) is 0 Å². The van der Waals surface area contributed by atoms with Gasteiger partial charge in [-0.05, 0) is 24.1 Å². The fourth-order valence-electron chi connectivity index (χ4n) is 2.50. The zero-order valence-electron chi connectivity index (χ0n) is 10.8. The van der Waals surface area contributed by atoms with E-state index in [4.69, 9.17) is 10.5 Å². The molecule has 0 amide bonds. The van der Waals surface area contributed by atoms with Gasteiger partial charge in [0.15, 0.2) is 0 Å². The molecule has 1 saturated heterocycles. The van der Waals surface area contributed by atoms with E-state index in [0.29, 0.717) is 0 Å². The van der Waals surface area contributed by atoms with E-state index in [1.54, 1.807) is 0 Å². The van der Waals surface area contributed by atoms with Crippen molar-refractivity contribution in [3.8, 4) is 0 Å². The minimum absolute atomic E-state index is 0.164. The fourth-order valence-corrected chi connectivity index (χ4v) is 2.92. The molecule has 4 heteroatoms. The first-order chi connectivity index (χ1) is 8.72. The number of halogens is 1. The Morgan fingerprint density at radius 1 is 1.39 bits per heavy atom. The summed E-state index contributed by atoms with van der Waals surface area (Å²) < 4.78 is 6.54. The quantitative estimate of drug-likeness (QED) is 0.928. The van der Waals surface area contributed by atoms with E-state index in [1.165, 1.54) is 5.56 Å².